The Kier molecular flexibility index (Phi) is 7.20. The van der Waals surface area contributed by atoms with E-state index in [0.29, 0.717) is 32.7 Å². The first-order valence-corrected chi connectivity index (χ1v) is 9.85. The normalized spacial score (nSPS) is 19.8. The molecule has 3 rings (SSSR count). The number of amides is 2. The number of β-amino-alcohol motifs (C(OH)–C–C–N with tert-alkyl or cyclic N) is 1. The Hall–Kier alpha value is -1.96. The standard InChI is InChI=1S/C20H30N4O3/c25-15-14-22-10-12-24(13-11-22)20(27)19(26)21-18-6-8-23(9-7-18)16-17-4-2-1-3-5-17/h1-5,18,25H,6-16H2,(H,21,26). The first-order chi connectivity index (χ1) is 13.2. The molecular formula is C20H30N4O3. The van der Waals surface area contributed by atoms with Crippen molar-refractivity contribution in [3.8, 4) is 0 Å². The lowest BCUT2D eigenvalue weighted by molar-refractivity contribution is -0.147. The predicted molar refractivity (Wildman–Crippen MR) is 103 cm³/mol. The van der Waals surface area contributed by atoms with Gasteiger partial charge < -0.3 is 15.3 Å². The molecule has 0 spiro atoms. The minimum Gasteiger partial charge on any atom is -0.395 e. The molecule has 2 amide bonds. The molecule has 1 aromatic carbocycles. The fourth-order valence-electron chi connectivity index (χ4n) is 3.78. The summed E-state index contributed by atoms with van der Waals surface area (Å²) in [6.07, 6.45) is 1.74. The molecule has 0 aromatic heterocycles. The minimum atomic E-state index is -0.480. The van der Waals surface area contributed by atoms with Crippen LogP contribution in [0.4, 0.5) is 0 Å². The smallest absolute Gasteiger partial charge is 0.311 e. The Balaban J connectivity index is 1.38. The number of carbonyl (C=O) groups excluding carboxylic acids is 2. The van der Waals surface area contributed by atoms with Crippen molar-refractivity contribution in [3.05, 3.63) is 35.9 Å². The number of piperidine rings is 1. The molecule has 2 heterocycles. The number of hydrogen-bond donors (Lipinski definition) is 2. The van der Waals surface area contributed by atoms with Crippen molar-refractivity contribution in [1.29, 1.82) is 0 Å². The number of rotatable bonds is 5. The molecule has 7 heteroatoms. The van der Waals surface area contributed by atoms with Crippen molar-refractivity contribution in [2.45, 2.75) is 25.4 Å². The molecule has 2 aliphatic heterocycles. The Morgan fingerprint density at radius 1 is 0.963 bits per heavy atom. The van der Waals surface area contributed by atoms with E-state index >= 15 is 0 Å². The van der Waals surface area contributed by atoms with E-state index in [4.69, 9.17) is 5.11 Å². The molecule has 27 heavy (non-hydrogen) atoms. The first kappa shape index (κ1) is 19.8. The Labute approximate surface area is 160 Å². The fourth-order valence-corrected chi connectivity index (χ4v) is 3.78. The van der Waals surface area contributed by atoms with Crippen LogP contribution in [-0.4, -0.2) is 90.1 Å². The zero-order valence-corrected chi connectivity index (χ0v) is 15.8. The number of aliphatic hydroxyl groups excluding tert-OH is 1. The van der Waals surface area contributed by atoms with Gasteiger partial charge in [0.15, 0.2) is 0 Å². The topological polar surface area (TPSA) is 76.1 Å². The van der Waals surface area contributed by atoms with E-state index in [9.17, 15) is 9.59 Å². The Morgan fingerprint density at radius 2 is 1.63 bits per heavy atom. The lowest BCUT2D eigenvalue weighted by Crippen LogP contribution is -2.54. The summed E-state index contributed by atoms with van der Waals surface area (Å²) < 4.78 is 0. The third-order valence-electron chi connectivity index (χ3n) is 5.44. The minimum absolute atomic E-state index is 0.0733. The first-order valence-electron chi connectivity index (χ1n) is 9.85. The molecule has 0 atom stereocenters. The van der Waals surface area contributed by atoms with Crippen molar-refractivity contribution < 1.29 is 14.7 Å². The van der Waals surface area contributed by atoms with Crippen LogP contribution in [0, 0.1) is 0 Å². The lowest BCUT2D eigenvalue weighted by Gasteiger charge is -2.35. The van der Waals surface area contributed by atoms with Gasteiger partial charge >= 0.3 is 11.8 Å². The van der Waals surface area contributed by atoms with Crippen LogP contribution in [0.2, 0.25) is 0 Å². The summed E-state index contributed by atoms with van der Waals surface area (Å²) in [6, 6.07) is 10.5. The van der Waals surface area contributed by atoms with Crippen LogP contribution < -0.4 is 5.32 Å². The molecule has 0 bridgehead atoms. The Morgan fingerprint density at radius 3 is 2.26 bits per heavy atom. The maximum absolute atomic E-state index is 12.4. The number of likely N-dealkylation sites (tertiary alicyclic amines) is 1. The highest BCUT2D eigenvalue weighted by Gasteiger charge is 2.28. The molecule has 0 saturated carbocycles. The van der Waals surface area contributed by atoms with Crippen LogP contribution in [0.3, 0.4) is 0 Å². The molecule has 0 radical (unpaired) electrons. The van der Waals surface area contributed by atoms with E-state index in [2.05, 4.69) is 39.4 Å². The highest BCUT2D eigenvalue weighted by Crippen LogP contribution is 2.14. The van der Waals surface area contributed by atoms with Crippen LogP contribution >= 0.6 is 0 Å². The summed E-state index contributed by atoms with van der Waals surface area (Å²) in [6.45, 7) is 6.02. The van der Waals surface area contributed by atoms with E-state index in [1.807, 2.05) is 6.07 Å². The summed E-state index contributed by atoms with van der Waals surface area (Å²) in [5, 5.41) is 11.9. The van der Waals surface area contributed by atoms with E-state index in [1.54, 1.807) is 4.90 Å². The number of aliphatic hydroxyl groups is 1. The van der Waals surface area contributed by atoms with Crippen molar-refractivity contribution in [3.63, 3.8) is 0 Å². The molecule has 2 saturated heterocycles. The summed E-state index contributed by atoms with van der Waals surface area (Å²) in [5.41, 5.74) is 1.30. The van der Waals surface area contributed by atoms with E-state index in [0.717, 1.165) is 32.5 Å². The van der Waals surface area contributed by atoms with Crippen LogP contribution in [0.1, 0.15) is 18.4 Å². The molecule has 2 fully saturated rings. The van der Waals surface area contributed by atoms with Gasteiger partial charge in [0.2, 0.25) is 0 Å². The van der Waals surface area contributed by atoms with Gasteiger partial charge in [0, 0.05) is 58.4 Å². The number of benzene rings is 1. The fraction of sp³-hybridized carbons (Fsp3) is 0.600. The summed E-state index contributed by atoms with van der Waals surface area (Å²) in [4.78, 5) is 30.8. The van der Waals surface area contributed by atoms with Crippen LogP contribution in [-0.2, 0) is 16.1 Å². The SMILES string of the molecule is O=C(NC1CCN(Cc2ccccc2)CC1)C(=O)N1CCN(CCO)CC1. The van der Waals surface area contributed by atoms with Crippen LogP contribution in [0.15, 0.2) is 30.3 Å². The van der Waals surface area contributed by atoms with Gasteiger partial charge in [-0.1, -0.05) is 30.3 Å². The maximum Gasteiger partial charge on any atom is 0.311 e. The third kappa shape index (κ3) is 5.76. The van der Waals surface area contributed by atoms with Gasteiger partial charge in [0.25, 0.3) is 0 Å². The highest BCUT2D eigenvalue weighted by atomic mass is 16.3. The Bertz CT molecular complexity index is 609. The third-order valence-corrected chi connectivity index (χ3v) is 5.44. The number of piperazine rings is 1. The number of nitrogens with one attached hydrogen (secondary N) is 1. The van der Waals surface area contributed by atoms with E-state index < -0.39 is 11.8 Å². The molecule has 0 unspecified atom stereocenters. The summed E-state index contributed by atoms with van der Waals surface area (Å²) >= 11 is 0. The van der Waals surface area contributed by atoms with Gasteiger partial charge in [-0.15, -0.1) is 0 Å². The zero-order valence-electron chi connectivity index (χ0n) is 15.8. The second kappa shape index (κ2) is 9.82. The average molecular weight is 374 g/mol. The molecule has 2 N–H and O–H groups in total. The largest absolute Gasteiger partial charge is 0.395 e. The van der Waals surface area contributed by atoms with Crippen molar-refractivity contribution >= 4 is 11.8 Å². The molecular weight excluding hydrogens is 344 g/mol. The predicted octanol–water partition coefficient (Wildman–Crippen LogP) is -0.0963. The summed E-state index contributed by atoms with van der Waals surface area (Å²) in [7, 11) is 0. The molecule has 0 aliphatic carbocycles. The van der Waals surface area contributed by atoms with Gasteiger partial charge in [-0.3, -0.25) is 19.4 Å². The molecule has 7 nitrogen and oxygen atoms in total. The van der Waals surface area contributed by atoms with Crippen LogP contribution in [0.5, 0.6) is 0 Å². The number of carbonyl (C=O) groups is 2. The van der Waals surface area contributed by atoms with Gasteiger partial charge in [0.1, 0.15) is 0 Å². The maximum atomic E-state index is 12.4. The number of hydrogen-bond acceptors (Lipinski definition) is 5. The quantitative estimate of drug-likeness (QED) is 0.704. The van der Waals surface area contributed by atoms with Crippen molar-refractivity contribution in [2.75, 3.05) is 52.4 Å². The monoisotopic (exact) mass is 374 g/mol. The highest BCUT2D eigenvalue weighted by molar-refractivity contribution is 6.35. The second-order valence-corrected chi connectivity index (χ2v) is 7.37. The van der Waals surface area contributed by atoms with Gasteiger partial charge in [0.05, 0.1) is 6.61 Å². The number of nitrogens with zero attached hydrogens (tertiary/aromatic N) is 3. The molecule has 148 valence electrons. The van der Waals surface area contributed by atoms with Gasteiger partial charge in [-0.25, -0.2) is 0 Å². The molecule has 2 aliphatic rings. The van der Waals surface area contributed by atoms with E-state index in [1.165, 1.54) is 5.56 Å². The van der Waals surface area contributed by atoms with Gasteiger partial charge in [-0.05, 0) is 18.4 Å². The van der Waals surface area contributed by atoms with Crippen LogP contribution in [0.25, 0.3) is 0 Å². The molecule has 1 aromatic rings. The van der Waals surface area contributed by atoms with Crippen molar-refractivity contribution in [2.24, 2.45) is 0 Å². The lowest BCUT2D eigenvalue weighted by atomic mass is 10.0. The van der Waals surface area contributed by atoms with E-state index in [-0.39, 0.29) is 12.6 Å². The van der Waals surface area contributed by atoms with Crippen molar-refractivity contribution in [1.82, 2.24) is 20.0 Å². The summed E-state index contributed by atoms with van der Waals surface area (Å²) in [5.74, 6) is -0.905. The zero-order chi connectivity index (χ0) is 19.1. The second-order valence-electron chi connectivity index (χ2n) is 7.37. The average Bonchev–Trinajstić information content (AvgIpc) is 2.70. The van der Waals surface area contributed by atoms with Gasteiger partial charge in [-0.2, -0.15) is 0 Å².